The Morgan fingerprint density at radius 3 is 2.57 bits per heavy atom. The topological polar surface area (TPSA) is 84.0 Å². The van der Waals surface area contributed by atoms with Gasteiger partial charge >= 0.3 is 0 Å². The van der Waals surface area contributed by atoms with Crippen molar-refractivity contribution in [1.82, 2.24) is 16.0 Å². The molecule has 1 saturated carbocycles. The molecule has 0 unspecified atom stereocenters. The molecule has 30 heavy (non-hydrogen) atoms. The summed E-state index contributed by atoms with van der Waals surface area (Å²) in [7, 11) is 3.42. The summed E-state index contributed by atoms with van der Waals surface area (Å²) in [6.45, 7) is 1.48. The average molecular weight is 411 g/mol. The van der Waals surface area contributed by atoms with Crippen molar-refractivity contribution in [2.24, 2.45) is 4.99 Å². The molecule has 3 rings (SSSR count). The number of nitrogens with zero attached hydrogens (tertiary/aromatic N) is 1. The summed E-state index contributed by atoms with van der Waals surface area (Å²) in [5.74, 6) is 2.24. The molecule has 0 spiro atoms. The number of carbonyl (C=O) groups is 1. The van der Waals surface area contributed by atoms with Crippen LogP contribution in [0.3, 0.4) is 0 Å². The Bertz CT molecular complexity index is 848. The van der Waals surface area contributed by atoms with E-state index >= 15 is 0 Å². The van der Waals surface area contributed by atoms with Crippen LogP contribution < -0.4 is 25.4 Å². The lowest BCUT2D eigenvalue weighted by Crippen LogP contribution is -2.37. The van der Waals surface area contributed by atoms with E-state index in [0.29, 0.717) is 18.3 Å². The van der Waals surface area contributed by atoms with Crippen LogP contribution in [0.15, 0.2) is 53.5 Å². The Labute approximate surface area is 177 Å². The van der Waals surface area contributed by atoms with Crippen LogP contribution in [-0.4, -0.2) is 45.2 Å². The molecule has 0 heterocycles. The number of hydrogen-bond acceptors (Lipinski definition) is 4. The van der Waals surface area contributed by atoms with Gasteiger partial charge in [-0.2, -0.15) is 0 Å². The van der Waals surface area contributed by atoms with Crippen molar-refractivity contribution in [1.29, 1.82) is 0 Å². The number of benzene rings is 2. The summed E-state index contributed by atoms with van der Waals surface area (Å²) in [6, 6.07) is 16.1. The molecule has 0 aromatic heterocycles. The van der Waals surface area contributed by atoms with E-state index < -0.39 is 0 Å². The minimum Gasteiger partial charge on any atom is -0.497 e. The van der Waals surface area contributed by atoms with Crippen molar-refractivity contribution in [3.05, 3.63) is 59.7 Å². The molecular formula is C23H30N4O3. The van der Waals surface area contributed by atoms with E-state index in [1.54, 1.807) is 14.2 Å². The largest absolute Gasteiger partial charge is 0.497 e. The fraction of sp³-hybridized carbons (Fsp3) is 0.391. The van der Waals surface area contributed by atoms with E-state index in [2.05, 4.69) is 20.9 Å². The molecule has 0 bridgehead atoms. The Morgan fingerprint density at radius 2 is 1.87 bits per heavy atom. The smallest absolute Gasteiger partial charge is 0.258 e. The van der Waals surface area contributed by atoms with Gasteiger partial charge < -0.3 is 25.4 Å². The zero-order valence-corrected chi connectivity index (χ0v) is 17.6. The van der Waals surface area contributed by atoms with Gasteiger partial charge in [-0.15, -0.1) is 0 Å². The molecule has 7 heteroatoms. The number of nitrogens with one attached hydrogen (secondary N) is 3. The van der Waals surface area contributed by atoms with Crippen molar-refractivity contribution in [2.75, 3.05) is 27.3 Å². The minimum atomic E-state index is -0.0568. The van der Waals surface area contributed by atoms with Crippen LogP contribution in [0, 0.1) is 0 Å². The lowest BCUT2D eigenvalue weighted by molar-refractivity contribution is -0.123. The fourth-order valence-electron chi connectivity index (χ4n) is 2.91. The van der Waals surface area contributed by atoms with Gasteiger partial charge in [0.2, 0.25) is 0 Å². The van der Waals surface area contributed by atoms with E-state index in [9.17, 15) is 4.79 Å². The normalized spacial score (nSPS) is 13.5. The van der Waals surface area contributed by atoms with Gasteiger partial charge in [0.05, 0.1) is 7.11 Å². The number of aliphatic imine (C=N–C) groups is 1. The summed E-state index contributed by atoms with van der Waals surface area (Å²) < 4.78 is 10.8. The quantitative estimate of drug-likeness (QED) is 0.413. The van der Waals surface area contributed by atoms with E-state index in [0.717, 1.165) is 43.1 Å². The molecule has 2 aromatic rings. The number of guanidine groups is 1. The third-order valence-electron chi connectivity index (χ3n) is 4.76. The van der Waals surface area contributed by atoms with Gasteiger partial charge in [-0.3, -0.25) is 9.79 Å². The Morgan fingerprint density at radius 1 is 1.07 bits per heavy atom. The molecule has 1 amide bonds. The molecule has 1 fully saturated rings. The SMILES string of the molecule is CN=C(NCCc1ccc(OCC(=O)NC2CC2)cc1)NCc1cccc(OC)c1. The first-order valence-corrected chi connectivity index (χ1v) is 10.2. The molecular weight excluding hydrogens is 380 g/mol. The predicted octanol–water partition coefficient (Wildman–Crippen LogP) is 2.26. The number of methoxy groups -OCH3 is 1. The Kier molecular flexibility index (Phi) is 7.94. The third kappa shape index (κ3) is 7.31. The number of hydrogen-bond donors (Lipinski definition) is 3. The highest BCUT2D eigenvalue weighted by Crippen LogP contribution is 2.18. The van der Waals surface area contributed by atoms with Crippen LogP contribution in [0.2, 0.25) is 0 Å². The number of ether oxygens (including phenoxy) is 2. The average Bonchev–Trinajstić information content (AvgIpc) is 3.59. The first-order valence-electron chi connectivity index (χ1n) is 10.2. The standard InChI is InChI=1S/C23H30N4O3/c1-24-23(26-15-18-4-3-5-21(14-18)29-2)25-13-12-17-6-10-20(11-7-17)30-16-22(28)27-19-8-9-19/h3-7,10-11,14,19H,8-9,12-13,15-16H2,1-2H3,(H,27,28)(H2,24,25,26). The van der Waals surface area contributed by atoms with E-state index in [1.807, 2.05) is 48.5 Å². The van der Waals surface area contributed by atoms with Crippen LogP contribution in [-0.2, 0) is 17.8 Å². The highest BCUT2D eigenvalue weighted by atomic mass is 16.5. The first-order chi connectivity index (χ1) is 14.7. The van der Waals surface area contributed by atoms with Gasteiger partial charge in [0, 0.05) is 26.2 Å². The molecule has 0 saturated heterocycles. The van der Waals surface area contributed by atoms with Crippen molar-refractivity contribution in [3.8, 4) is 11.5 Å². The molecule has 160 valence electrons. The number of carbonyl (C=O) groups excluding carboxylic acids is 1. The molecule has 7 nitrogen and oxygen atoms in total. The monoisotopic (exact) mass is 410 g/mol. The number of rotatable bonds is 10. The Hall–Kier alpha value is -3.22. The van der Waals surface area contributed by atoms with Crippen molar-refractivity contribution < 1.29 is 14.3 Å². The van der Waals surface area contributed by atoms with Crippen LogP contribution >= 0.6 is 0 Å². The first kappa shape index (κ1) is 21.5. The Balaban J connectivity index is 1.36. The van der Waals surface area contributed by atoms with Crippen molar-refractivity contribution >= 4 is 11.9 Å². The van der Waals surface area contributed by atoms with Gasteiger partial charge in [0.25, 0.3) is 5.91 Å². The van der Waals surface area contributed by atoms with Gasteiger partial charge in [0.15, 0.2) is 12.6 Å². The number of amides is 1. The van der Waals surface area contributed by atoms with Gasteiger partial charge in [0.1, 0.15) is 11.5 Å². The van der Waals surface area contributed by atoms with Crippen LogP contribution in [0.4, 0.5) is 0 Å². The maximum absolute atomic E-state index is 11.7. The zero-order chi connectivity index (χ0) is 21.2. The highest BCUT2D eigenvalue weighted by molar-refractivity contribution is 5.79. The summed E-state index contributed by atoms with van der Waals surface area (Å²) in [5.41, 5.74) is 2.30. The van der Waals surface area contributed by atoms with Crippen molar-refractivity contribution in [3.63, 3.8) is 0 Å². The molecule has 1 aliphatic rings. The predicted molar refractivity (Wildman–Crippen MR) is 118 cm³/mol. The third-order valence-corrected chi connectivity index (χ3v) is 4.76. The van der Waals surface area contributed by atoms with E-state index in [-0.39, 0.29) is 12.5 Å². The lowest BCUT2D eigenvalue weighted by atomic mass is 10.1. The summed E-state index contributed by atoms with van der Waals surface area (Å²) in [4.78, 5) is 15.9. The van der Waals surface area contributed by atoms with Crippen LogP contribution in [0.1, 0.15) is 24.0 Å². The van der Waals surface area contributed by atoms with Crippen LogP contribution in [0.25, 0.3) is 0 Å². The maximum atomic E-state index is 11.7. The van der Waals surface area contributed by atoms with Gasteiger partial charge in [-0.25, -0.2) is 0 Å². The summed E-state index contributed by atoms with van der Waals surface area (Å²) in [6.07, 6.45) is 3.01. The fourth-order valence-corrected chi connectivity index (χ4v) is 2.91. The highest BCUT2D eigenvalue weighted by Gasteiger charge is 2.23. The molecule has 1 aliphatic carbocycles. The summed E-state index contributed by atoms with van der Waals surface area (Å²) >= 11 is 0. The van der Waals surface area contributed by atoms with Crippen LogP contribution in [0.5, 0.6) is 11.5 Å². The zero-order valence-electron chi connectivity index (χ0n) is 17.6. The second-order valence-electron chi connectivity index (χ2n) is 7.23. The van der Waals surface area contributed by atoms with E-state index in [4.69, 9.17) is 9.47 Å². The molecule has 0 aliphatic heterocycles. The summed E-state index contributed by atoms with van der Waals surface area (Å²) in [5, 5.41) is 9.53. The maximum Gasteiger partial charge on any atom is 0.258 e. The second kappa shape index (κ2) is 11.1. The lowest BCUT2D eigenvalue weighted by Gasteiger charge is -2.13. The molecule has 3 N–H and O–H groups in total. The van der Waals surface area contributed by atoms with E-state index in [1.165, 1.54) is 5.56 Å². The minimum absolute atomic E-state index is 0.0568. The molecule has 2 aromatic carbocycles. The van der Waals surface area contributed by atoms with Crippen molar-refractivity contribution in [2.45, 2.75) is 31.8 Å². The molecule has 0 radical (unpaired) electrons. The second-order valence-corrected chi connectivity index (χ2v) is 7.23. The van der Waals surface area contributed by atoms with Gasteiger partial charge in [-0.1, -0.05) is 24.3 Å². The van der Waals surface area contributed by atoms with Gasteiger partial charge in [-0.05, 0) is 54.7 Å². The molecule has 0 atom stereocenters.